The Morgan fingerprint density at radius 3 is 2.75 bits per heavy atom. The highest BCUT2D eigenvalue weighted by molar-refractivity contribution is 7.99. The molecule has 0 spiro atoms. The molecule has 1 aromatic heterocycles. The Hall–Kier alpha value is -1.12. The molecule has 134 valence electrons. The Morgan fingerprint density at radius 1 is 1.33 bits per heavy atom. The first-order valence-electron chi connectivity index (χ1n) is 8.84. The molecule has 1 aromatic rings. The van der Waals surface area contributed by atoms with Crippen molar-refractivity contribution in [1.82, 2.24) is 25.4 Å². The lowest BCUT2D eigenvalue weighted by Gasteiger charge is -2.46. The summed E-state index contributed by atoms with van der Waals surface area (Å²) in [5, 5.41) is 10.8. The number of nitrogens with one attached hydrogen (secondary N) is 2. The summed E-state index contributed by atoms with van der Waals surface area (Å²) in [6.07, 6.45) is 5.43. The fourth-order valence-electron chi connectivity index (χ4n) is 3.67. The van der Waals surface area contributed by atoms with Crippen molar-refractivity contribution in [3.05, 3.63) is 5.82 Å². The number of amides is 1. The first-order chi connectivity index (χ1) is 11.7. The van der Waals surface area contributed by atoms with Gasteiger partial charge < -0.3 is 10.1 Å². The van der Waals surface area contributed by atoms with Crippen LogP contribution >= 0.6 is 11.8 Å². The van der Waals surface area contributed by atoms with Crippen LogP contribution in [0.4, 0.5) is 0 Å². The maximum absolute atomic E-state index is 13.0. The summed E-state index contributed by atoms with van der Waals surface area (Å²) in [5.74, 6) is 1.79. The van der Waals surface area contributed by atoms with E-state index in [1.54, 1.807) is 11.8 Å². The van der Waals surface area contributed by atoms with E-state index in [0.717, 1.165) is 68.7 Å². The van der Waals surface area contributed by atoms with Crippen molar-refractivity contribution in [1.29, 1.82) is 0 Å². The first-order valence-corrected chi connectivity index (χ1v) is 9.82. The molecule has 7 nitrogen and oxygen atoms in total. The van der Waals surface area contributed by atoms with E-state index >= 15 is 0 Å². The van der Waals surface area contributed by atoms with Crippen LogP contribution in [-0.2, 0) is 9.53 Å². The lowest BCUT2D eigenvalue weighted by molar-refractivity contribution is -0.140. The predicted octanol–water partition coefficient (Wildman–Crippen LogP) is 1.36. The lowest BCUT2D eigenvalue weighted by atomic mass is 9.79. The number of aryl methyl sites for hydroxylation is 1. The average Bonchev–Trinajstić information content (AvgIpc) is 3.05. The number of nitrogens with zero attached hydrogens (tertiary/aromatic N) is 3. The average molecular weight is 353 g/mol. The molecular formula is C16H27N5O2S. The van der Waals surface area contributed by atoms with Crippen molar-refractivity contribution in [2.75, 3.05) is 38.6 Å². The zero-order valence-corrected chi connectivity index (χ0v) is 15.2. The van der Waals surface area contributed by atoms with Crippen LogP contribution in [0.3, 0.4) is 0 Å². The van der Waals surface area contributed by atoms with Gasteiger partial charge in [-0.05, 0) is 19.8 Å². The fourth-order valence-corrected chi connectivity index (χ4v) is 4.37. The zero-order valence-electron chi connectivity index (χ0n) is 14.3. The molecule has 1 saturated heterocycles. The van der Waals surface area contributed by atoms with Crippen molar-refractivity contribution in [3.63, 3.8) is 0 Å². The number of carbonyl (C=O) groups excluding carboxylic acids is 1. The highest BCUT2D eigenvalue weighted by Crippen LogP contribution is 2.34. The van der Waals surface area contributed by atoms with E-state index < -0.39 is 0 Å². The number of aromatic nitrogens is 3. The van der Waals surface area contributed by atoms with Gasteiger partial charge in [-0.3, -0.25) is 14.8 Å². The number of hydrogen-bond donors (Lipinski definition) is 2. The summed E-state index contributed by atoms with van der Waals surface area (Å²) in [5.41, 5.74) is -0.326. The summed E-state index contributed by atoms with van der Waals surface area (Å²) in [4.78, 5) is 19.6. The molecule has 2 heterocycles. The maximum Gasteiger partial charge on any atom is 0.240 e. The number of ether oxygens (including phenoxy) is 1. The second kappa shape index (κ2) is 8.31. The molecular weight excluding hydrogens is 326 g/mol. The zero-order chi connectivity index (χ0) is 16.8. The summed E-state index contributed by atoms with van der Waals surface area (Å²) in [6, 6.07) is 0. The van der Waals surface area contributed by atoms with Crippen molar-refractivity contribution < 1.29 is 9.53 Å². The Labute approximate surface area is 147 Å². The molecule has 1 aliphatic carbocycles. The van der Waals surface area contributed by atoms with Crippen LogP contribution in [0.1, 0.15) is 37.9 Å². The van der Waals surface area contributed by atoms with E-state index in [9.17, 15) is 4.79 Å². The minimum Gasteiger partial charge on any atom is -0.379 e. The molecule has 0 aromatic carbocycles. The molecule has 1 saturated carbocycles. The minimum atomic E-state index is -0.326. The van der Waals surface area contributed by atoms with Gasteiger partial charge in [0, 0.05) is 25.4 Å². The van der Waals surface area contributed by atoms with E-state index in [2.05, 4.69) is 25.4 Å². The number of morpholine rings is 1. The Bertz CT molecular complexity index is 538. The second-order valence-electron chi connectivity index (χ2n) is 6.50. The third kappa shape index (κ3) is 4.10. The molecule has 0 unspecified atom stereocenters. The largest absolute Gasteiger partial charge is 0.379 e. The first kappa shape index (κ1) is 17.7. The molecule has 2 N–H and O–H groups in total. The molecule has 0 bridgehead atoms. The molecule has 2 aliphatic rings. The summed E-state index contributed by atoms with van der Waals surface area (Å²) in [6.45, 7) is 5.71. The van der Waals surface area contributed by atoms with E-state index in [-0.39, 0.29) is 11.4 Å². The van der Waals surface area contributed by atoms with Gasteiger partial charge in [-0.2, -0.15) is 0 Å². The standard InChI is InChI=1S/C16H27N5O2S/c1-13-18-15(20-19-13)24-12-7-17-14(22)16(5-3-2-4-6-16)21-8-10-23-11-9-21/h2-12H2,1H3,(H,17,22)(H,18,19,20). The lowest BCUT2D eigenvalue weighted by Crippen LogP contribution is -2.62. The third-order valence-corrected chi connectivity index (χ3v) is 5.76. The van der Waals surface area contributed by atoms with Crippen molar-refractivity contribution in [3.8, 4) is 0 Å². The Kier molecular flexibility index (Phi) is 6.13. The normalized spacial score (nSPS) is 21.5. The van der Waals surface area contributed by atoms with E-state index in [0.29, 0.717) is 6.54 Å². The Morgan fingerprint density at radius 2 is 2.08 bits per heavy atom. The van der Waals surface area contributed by atoms with E-state index in [1.165, 1.54) is 6.42 Å². The second-order valence-corrected chi connectivity index (χ2v) is 7.56. The van der Waals surface area contributed by atoms with E-state index in [4.69, 9.17) is 4.74 Å². The smallest absolute Gasteiger partial charge is 0.240 e. The summed E-state index contributed by atoms with van der Waals surface area (Å²) in [7, 11) is 0. The van der Waals surface area contributed by atoms with Gasteiger partial charge in [0.2, 0.25) is 11.1 Å². The molecule has 2 fully saturated rings. The fraction of sp³-hybridized carbons (Fsp3) is 0.812. The number of rotatable bonds is 6. The Balaban J connectivity index is 1.53. The highest BCUT2D eigenvalue weighted by atomic mass is 32.2. The number of carbonyl (C=O) groups is 1. The van der Waals surface area contributed by atoms with Gasteiger partial charge in [0.05, 0.1) is 13.2 Å². The van der Waals surface area contributed by atoms with Gasteiger partial charge in [-0.25, -0.2) is 4.98 Å². The van der Waals surface area contributed by atoms with Gasteiger partial charge in [-0.15, -0.1) is 5.10 Å². The molecule has 8 heteroatoms. The summed E-state index contributed by atoms with van der Waals surface area (Å²) < 4.78 is 5.47. The predicted molar refractivity (Wildman–Crippen MR) is 93.1 cm³/mol. The molecule has 3 rings (SSSR count). The molecule has 24 heavy (non-hydrogen) atoms. The quantitative estimate of drug-likeness (QED) is 0.593. The number of thioether (sulfide) groups is 1. The van der Waals surface area contributed by atoms with Crippen LogP contribution in [0.5, 0.6) is 0 Å². The molecule has 0 atom stereocenters. The van der Waals surface area contributed by atoms with Gasteiger partial charge in [0.15, 0.2) is 0 Å². The van der Waals surface area contributed by atoms with Crippen molar-refractivity contribution in [2.24, 2.45) is 0 Å². The van der Waals surface area contributed by atoms with E-state index in [1.807, 2.05) is 6.92 Å². The van der Waals surface area contributed by atoms with Crippen molar-refractivity contribution >= 4 is 17.7 Å². The SMILES string of the molecule is Cc1nc(SCCNC(=O)C2(N3CCOCC3)CCCCC2)n[nH]1. The summed E-state index contributed by atoms with van der Waals surface area (Å²) >= 11 is 1.56. The van der Waals surface area contributed by atoms with Gasteiger partial charge >= 0.3 is 0 Å². The number of hydrogen-bond acceptors (Lipinski definition) is 6. The topological polar surface area (TPSA) is 83.1 Å². The molecule has 0 radical (unpaired) electrons. The number of H-pyrrole nitrogens is 1. The monoisotopic (exact) mass is 353 g/mol. The maximum atomic E-state index is 13.0. The van der Waals surface area contributed by atoms with Crippen LogP contribution < -0.4 is 5.32 Å². The molecule has 1 aliphatic heterocycles. The minimum absolute atomic E-state index is 0.191. The third-order valence-electron chi connectivity index (χ3n) is 4.92. The van der Waals surface area contributed by atoms with Crippen LogP contribution in [-0.4, -0.2) is 70.1 Å². The van der Waals surface area contributed by atoms with Gasteiger partial charge in [0.25, 0.3) is 0 Å². The number of aromatic amines is 1. The molecule has 1 amide bonds. The van der Waals surface area contributed by atoms with Crippen LogP contribution in [0.15, 0.2) is 5.16 Å². The van der Waals surface area contributed by atoms with Crippen LogP contribution in [0.2, 0.25) is 0 Å². The van der Waals surface area contributed by atoms with Crippen LogP contribution in [0, 0.1) is 6.92 Å². The van der Waals surface area contributed by atoms with Gasteiger partial charge in [-0.1, -0.05) is 31.0 Å². The van der Waals surface area contributed by atoms with Gasteiger partial charge in [0.1, 0.15) is 11.4 Å². The van der Waals surface area contributed by atoms with Crippen LogP contribution in [0.25, 0.3) is 0 Å². The van der Waals surface area contributed by atoms with Crippen molar-refractivity contribution in [2.45, 2.75) is 49.7 Å². The highest BCUT2D eigenvalue weighted by Gasteiger charge is 2.44.